The van der Waals surface area contributed by atoms with E-state index < -0.39 is 17.5 Å². The van der Waals surface area contributed by atoms with E-state index in [1.807, 2.05) is 11.0 Å². The first-order chi connectivity index (χ1) is 19.3. The molecular formula is C27H29F2N7O3S. The van der Waals surface area contributed by atoms with E-state index in [4.69, 9.17) is 0 Å². The lowest BCUT2D eigenvalue weighted by Crippen LogP contribution is -2.46. The van der Waals surface area contributed by atoms with E-state index >= 15 is 0 Å². The number of rotatable bonds is 5. The molecule has 0 spiro atoms. The minimum Gasteiger partial charge on any atom is -0.368 e. The number of carbonyl (C=O) groups is 3. The molecule has 3 aromatic rings. The first kappa shape index (κ1) is 27.6. The van der Waals surface area contributed by atoms with Gasteiger partial charge >= 0.3 is 0 Å². The highest BCUT2D eigenvalue weighted by molar-refractivity contribution is 7.08. The number of nitrogens with zero attached hydrogens (tertiary/aromatic N) is 5. The lowest BCUT2D eigenvalue weighted by atomic mass is 10.1. The number of amides is 3. The Morgan fingerprint density at radius 2 is 1.57 bits per heavy atom. The highest BCUT2D eigenvalue weighted by Gasteiger charge is 2.25. The van der Waals surface area contributed by atoms with Gasteiger partial charge in [-0.25, -0.2) is 8.78 Å². The average molecular weight is 570 g/mol. The van der Waals surface area contributed by atoms with Crippen molar-refractivity contribution in [2.24, 2.45) is 0 Å². The normalized spacial score (nSPS) is 16.0. The Morgan fingerprint density at radius 3 is 2.27 bits per heavy atom. The largest absolute Gasteiger partial charge is 0.368 e. The average Bonchev–Trinajstić information content (AvgIpc) is 3.23. The summed E-state index contributed by atoms with van der Waals surface area (Å²) in [6, 6.07) is 8.04. The van der Waals surface area contributed by atoms with Crippen LogP contribution in [-0.4, -0.2) is 89.5 Å². The third-order valence-electron chi connectivity index (χ3n) is 6.99. The third kappa shape index (κ3) is 6.10. The summed E-state index contributed by atoms with van der Waals surface area (Å²) in [5, 5.41) is 10.1. The van der Waals surface area contributed by atoms with Gasteiger partial charge in [-0.1, -0.05) is 4.49 Å². The zero-order chi connectivity index (χ0) is 28.2. The fourth-order valence-corrected chi connectivity index (χ4v) is 5.49. The van der Waals surface area contributed by atoms with Crippen molar-refractivity contribution in [2.45, 2.75) is 13.3 Å². The van der Waals surface area contributed by atoms with Crippen molar-refractivity contribution in [1.29, 1.82) is 0 Å². The summed E-state index contributed by atoms with van der Waals surface area (Å²) in [4.78, 5) is 45.1. The van der Waals surface area contributed by atoms with Crippen molar-refractivity contribution in [3.05, 3.63) is 69.7 Å². The number of benzene rings is 2. The smallest absolute Gasteiger partial charge is 0.269 e. The Balaban J connectivity index is 1.39. The monoisotopic (exact) mass is 569 g/mol. The molecule has 210 valence electrons. The molecular weight excluding hydrogens is 540 g/mol. The highest BCUT2D eigenvalue weighted by Crippen LogP contribution is 2.30. The van der Waals surface area contributed by atoms with Crippen LogP contribution >= 0.6 is 11.5 Å². The summed E-state index contributed by atoms with van der Waals surface area (Å²) >= 11 is 0.992. The molecule has 2 saturated heterocycles. The first-order valence-electron chi connectivity index (χ1n) is 13.0. The van der Waals surface area contributed by atoms with E-state index in [1.165, 1.54) is 0 Å². The summed E-state index contributed by atoms with van der Waals surface area (Å²) in [5.74, 6) is -2.54. The van der Waals surface area contributed by atoms with Crippen molar-refractivity contribution >= 4 is 40.6 Å². The molecule has 1 aromatic heterocycles. The molecule has 5 rings (SSSR count). The molecule has 0 bridgehead atoms. The predicted octanol–water partition coefficient (Wildman–Crippen LogP) is 2.77. The lowest BCUT2D eigenvalue weighted by Gasteiger charge is -2.29. The van der Waals surface area contributed by atoms with Crippen LogP contribution in [-0.2, 0) is 0 Å². The van der Waals surface area contributed by atoms with Gasteiger partial charge in [0, 0.05) is 69.6 Å². The Bertz CT molecular complexity index is 1410. The molecule has 3 heterocycles. The van der Waals surface area contributed by atoms with Gasteiger partial charge in [0.2, 0.25) is 0 Å². The van der Waals surface area contributed by atoms with Gasteiger partial charge in [-0.05, 0) is 55.2 Å². The SMILES string of the molecule is Cc1nnsc1C(=O)Nc1cc(C(=O)N2CCNCC2)ccc1N1CCCN(C(=O)c2cc(F)cc(F)c2)CC1. The summed E-state index contributed by atoms with van der Waals surface area (Å²) in [7, 11) is 0. The highest BCUT2D eigenvalue weighted by atomic mass is 32.1. The summed E-state index contributed by atoms with van der Waals surface area (Å²) < 4.78 is 31.3. The van der Waals surface area contributed by atoms with E-state index in [0.717, 1.165) is 42.8 Å². The van der Waals surface area contributed by atoms with Gasteiger partial charge in [0.15, 0.2) is 0 Å². The maximum Gasteiger partial charge on any atom is 0.269 e. The number of carbonyl (C=O) groups excluding carboxylic acids is 3. The van der Waals surface area contributed by atoms with Gasteiger partial charge in [0.25, 0.3) is 17.7 Å². The molecule has 0 aliphatic carbocycles. The lowest BCUT2D eigenvalue weighted by molar-refractivity contribution is 0.0734. The van der Waals surface area contributed by atoms with Crippen LogP contribution in [0.3, 0.4) is 0 Å². The Hall–Kier alpha value is -3.97. The molecule has 2 N–H and O–H groups in total. The Labute approximate surface area is 234 Å². The molecule has 0 unspecified atom stereocenters. The summed E-state index contributed by atoms with van der Waals surface area (Å²) in [6.45, 7) is 6.03. The summed E-state index contributed by atoms with van der Waals surface area (Å²) in [5.41, 5.74) is 2.09. The van der Waals surface area contributed by atoms with Gasteiger partial charge in [-0.3, -0.25) is 14.4 Å². The van der Waals surface area contributed by atoms with Crippen LogP contribution in [0.15, 0.2) is 36.4 Å². The number of anilines is 2. The zero-order valence-electron chi connectivity index (χ0n) is 22.0. The van der Waals surface area contributed by atoms with E-state index in [1.54, 1.807) is 28.9 Å². The summed E-state index contributed by atoms with van der Waals surface area (Å²) in [6.07, 6.45) is 0.594. The molecule has 2 aliphatic heterocycles. The molecule has 2 aliphatic rings. The first-order valence-corrected chi connectivity index (χ1v) is 13.8. The number of halogens is 2. The van der Waals surface area contributed by atoms with Gasteiger partial charge in [0.1, 0.15) is 16.5 Å². The quantitative estimate of drug-likeness (QED) is 0.486. The molecule has 40 heavy (non-hydrogen) atoms. The predicted molar refractivity (Wildman–Crippen MR) is 147 cm³/mol. The van der Waals surface area contributed by atoms with Crippen molar-refractivity contribution in [3.63, 3.8) is 0 Å². The van der Waals surface area contributed by atoms with Crippen molar-refractivity contribution in [1.82, 2.24) is 24.7 Å². The van der Waals surface area contributed by atoms with Crippen LogP contribution in [0.2, 0.25) is 0 Å². The molecule has 2 aromatic carbocycles. The van der Waals surface area contributed by atoms with Crippen LogP contribution in [0.1, 0.15) is 42.5 Å². The number of hydrogen-bond donors (Lipinski definition) is 2. The molecule has 3 amide bonds. The minimum absolute atomic E-state index is 0.0387. The standard InChI is InChI=1S/C27H29F2N7O3S/c1-17-24(40-33-32-17)25(37)31-22-15-18(26(38)36-9-5-30-6-10-36)3-4-23(22)34-7-2-8-35(12-11-34)27(39)19-13-20(28)16-21(29)14-19/h3-4,13-16,30H,2,5-12H2,1H3,(H,31,37). The third-order valence-corrected chi connectivity index (χ3v) is 7.81. The molecule has 0 atom stereocenters. The van der Waals surface area contributed by atoms with Gasteiger partial charge < -0.3 is 25.3 Å². The van der Waals surface area contributed by atoms with Gasteiger partial charge in [0.05, 0.1) is 17.1 Å². The van der Waals surface area contributed by atoms with Crippen molar-refractivity contribution in [3.8, 4) is 0 Å². The fourth-order valence-electron chi connectivity index (χ4n) is 4.94. The van der Waals surface area contributed by atoms with Crippen molar-refractivity contribution < 1.29 is 23.2 Å². The second-order valence-corrected chi connectivity index (χ2v) is 10.5. The Kier molecular flexibility index (Phi) is 8.31. The number of aromatic nitrogens is 2. The Morgan fingerprint density at radius 1 is 0.875 bits per heavy atom. The molecule has 13 heteroatoms. The van der Waals surface area contributed by atoms with Crippen LogP contribution in [0.4, 0.5) is 20.2 Å². The second-order valence-electron chi connectivity index (χ2n) is 9.71. The number of nitrogens with one attached hydrogen (secondary N) is 2. The van der Waals surface area contributed by atoms with Gasteiger partial charge in [-0.2, -0.15) is 0 Å². The molecule has 2 fully saturated rings. The zero-order valence-corrected chi connectivity index (χ0v) is 22.8. The minimum atomic E-state index is -0.804. The van der Waals surface area contributed by atoms with E-state index in [9.17, 15) is 23.2 Å². The molecule has 0 radical (unpaired) electrons. The van der Waals surface area contributed by atoms with E-state index in [2.05, 4.69) is 20.2 Å². The maximum absolute atomic E-state index is 13.7. The van der Waals surface area contributed by atoms with Crippen LogP contribution < -0.4 is 15.5 Å². The fraction of sp³-hybridized carbons (Fsp3) is 0.370. The van der Waals surface area contributed by atoms with E-state index in [-0.39, 0.29) is 17.4 Å². The van der Waals surface area contributed by atoms with Crippen molar-refractivity contribution in [2.75, 3.05) is 62.6 Å². The van der Waals surface area contributed by atoms with Crippen LogP contribution in [0, 0.1) is 18.6 Å². The number of hydrogen-bond acceptors (Lipinski definition) is 8. The second kappa shape index (κ2) is 12.0. The van der Waals surface area contributed by atoms with Gasteiger partial charge in [-0.15, -0.1) is 5.10 Å². The molecule has 10 nitrogen and oxygen atoms in total. The number of aryl methyl sites for hydroxylation is 1. The maximum atomic E-state index is 13.7. The number of piperazine rings is 1. The topological polar surface area (TPSA) is 111 Å². The van der Waals surface area contributed by atoms with Crippen LogP contribution in [0.5, 0.6) is 0 Å². The van der Waals surface area contributed by atoms with E-state index in [0.29, 0.717) is 73.2 Å². The van der Waals surface area contributed by atoms with Crippen LogP contribution in [0.25, 0.3) is 0 Å². The molecule has 0 saturated carbocycles.